The van der Waals surface area contributed by atoms with E-state index in [2.05, 4.69) is 4.72 Å². The van der Waals surface area contributed by atoms with Crippen LogP contribution in [0, 0.1) is 6.92 Å². The lowest BCUT2D eigenvalue weighted by atomic mass is 10.1. The van der Waals surface area contributed by atoms with Crippen molar-refractivity contribution in [2.24, 2.45) is 5.73 Å². The predicted molar refractivity (Wildman–Crippen MR) is 77.8 cm³/mol. The van der Waals surface area contributed by atoms with Crippen molar-refractivity contribution in [1.82, 2.24) is 4.72 Å². The molecule has 1 atom stereocenters. The van der Waals surface area contributed by atoms with Crippen LogP contribution in [0.15, 0.2) is 23.1 Å². The van der Waals surface area contributed by atoms with E-state index in [4.69, 9.17) is 10.5 Å². The number of nitrogens with two attached hydrogens (primary N) is 1. The van der Waals surface area contributed by atoms with Gasteiger partial charge < -0.3 is 10.5 Å². The first-order valence-electron chi connectivity index (χ1n) is 6.94. The van der Waals surface area contributed by atoms with Gasteiger partial charge in [0.2, 0.25) is 10.0 Å². The molecule has 112 valence electrons. The van der Waals surface area contributed by atoms with E-state index in [1.54, 1.807) is 19.1 Å². The molecule has 1 aromatic rings. The van der Waals surface area contributed by atoms with E-state index in [1.165, 1.54) is 0 Å². The molecule has 2 rings (SSSR count). The first-order valence-corrected chi connectivity index (χ1v) is 8.42. The Morgan fingerprint density at radius 2 is 2.25 bits per heavy atom. The fraction of sp³-hybridized carbons (Fsp3) is 0.571. The van der Waals surface area contributed by atoms with Crippen molar-refractivity contribution >= 4 is 10.0 Å². The molecule has 5 nitrogen and oxygen atoms in total. The number of aryl methyl sites for hydroxylation is 1. The molecular weight excluding hydrogens is 276 g/mol. The first-order chi connectivity index (χ1) is 9.53. The predicted octanol–water partition coefficient (Wildman–Crippen LogP) is 1.30. The van der Waals surface area contributed by atoms with Crippen LogP contribution < -0.4 is 10.5 Å². The molecule has 6 heteroatoms. The van der Waals surface area contributed by atoms with Crippen LogP contribution in [0.2, 0.25) is 0 Å². The minimum absolute atomic E-state index is 0.193. The van der Waals surface area contributed by atoms with E-state index in [0.29, 0.717) is 18.0 Å². The Balaban J connectivity index is 1.98. The summed E-state index contributed by atoms with van der Waals surface area (Å²) in [6.45, 7) is 3.39. The van der Waals surface area contributed by atoms with E-state index < -0.39 is 10.0 Å². The number of nitrogens with one attached hydrogen (secondary N) is 1. The number of rotatable bonds is 6. The van der Waals surface area contributed by atoms with Gasteiger partial charge in [-0.05, 0) is 43.4 Å². The summed E-state index contributed by atoms with van der Waals surface area (Å²) >= 11 is 0. The standard InChI is InChI=1S/C14H22N2O3S/c1-11-9-12(10-15)4-5-14(11)20(17,18)16-7-6-13-3-2-8-19-13/h4-5,9,13,16H,2-3,6-8,10,15H2,1H3. The SMILES string of the molecule is Cc1cc(CN)ccc1S(=O)(=O)NCCC1CCCO1. The second-order valence-corrected chi connectivity index (χ2v) is 6.86. The van der Waals surface area contributed by atoms with Gasteiger partial charge in [0.1, 0.15) is 0 Å². The van der Waals surface area contributed by atoms with Gasteiger partial charge in [-0.2, -0.15) is 0 Å². The molecule has 1 aliphatic heterocycles. The van der Waals surface area contributed by atoms with Gasteiger partial charge in [-0.1, -0.05) is 12.1 Å². The fourth-order valence-electron chi connectivity index (χ4n) is 2.44. The lowest BCUT2D eigenvalue weighted by Gasteiger charge is -2.12. The molecule has 0 spiro atoms. The molecule has 1 aromatic carbocycles. The summed E-state index contributed by atoms with van der Waals surface area (Å²) in [5, 5.41) is 0. The summed E-state index contributed by atoms with van der Waals surface area (Å²) in [5.74, 6) is 0. The highest BCUT2D eigenvalue weighted by Gasteiger charge is 2.19. The second-order valence-electron chi connectivity index (χ2n) is 5.13. The van der Waals surface area contributed by atoms with E-state index in [0.717, 1.165) is 37.0 Å². The van der Waals surface area contributed by atoms with Crippen LogP contribution in [-0.2, 0) is 21.3 Å². The van der Waals surface area contributed by atoms with Crippen LogP contribution in [0.5, 0.6) is 0 Å². The van der Waals surface area contributed by atoms with Gasteiger partial charge in [-0.25, -0.2) is 13.1 Å². The van der Waals surface area contributed by atoms with Crippen LogP contribution >= 0.6 is 0 Å². The van der Waals surface area contributed by atoms with Crippen molar-refractivity contribution in [3.05, 3.63) is 29.3 Å². The zero-order chi connectivity index (χ0) is 14.6. The van der Waals surface area contributed by atoms with E-state index >= 15 is 0 Å². The van der Waals surface area contributed by atoms with Crippen molar-refractivity contribution < 1.29 is 13.2 Å². The molecule has 3 N–H and O–H groups in total. The maximum absolute atomic E-state index is 12.2. The third kappa shape index (κ3) is 3.79. The van der Waals surface area contributed by atoms with Crippen LogP contribution in [0.25, 0.3) is 0 Å². The van der Waals surface area contributed by atoms with Crippen molar-refractivity contribution in [3.8, 4) is 0 Å². The Morgan fingerprint density at radius 3 is 2.85 bits per heavy atom. The molecule has 0 saturated carbocycles. The highest BCUT2D eigenvalue weighted by molar-refractivity contribution is 7.89. The second kappa shape index (κ2) is 6.67. The van der Waals surface area contributed by atoms with Crippen molar-refractivity contribution in [1.29, 1.82) is 0 Å². The van der Waals surface area contributed by atoms with Crippen LogP contribution in [0.4, 0.5) is 0 Å². The van der Waals surface area contributed by atoms with Crippen LogP contribution in [0.3, 0.4) is 0 Å². The Bertz CT molecular complexity index is 552. The molecule has 1 saturated heterocycles. The molecule has 0 aromatic heterocycles. The largest absolute Gasteiger partial charge is 0.378 e. The molecule has 1 aliphatic rings. The minimum atomic E-state index is -3.45. The van der Waals surface area contributed by atoms with Gasteiger partial charge in [-0.15, -0.1) is 0 Å². The van der Waals surface area contributed by atoms with Gasteiger partial charge in [-0.3, -0.25) is 0 Å². The van der Waals surface area contributed by atoms with Gasteiger partial charge in [0.25, 0.3) is 0 Å². The monoisotopic (exact) mass is 298 g/mol. The number of sulfonamides is 1. The molecule has 0 aliphatic carbocycles. The third-order valence-electron chi connectivity index (χ3n) is 3.55. The molecule has 20 heavy (non-hydrogen) atoms. The van der Waals surface area contributed by atoms with Crippen LogP contribution in [-0.4, -0.2) is 27.7 Å². The van der Waals surface area contributed by atoms with Gasteiger partial charge >= 0.3 is 0 Å². The lowest BCUT2D eigenvalue weighted by molar-refractivity contribution is 0.105. The summed E-state index contributed by atoms with van der Waals surface area (Å²) in [4.78, 5) is 0.321. The third-order valence-corrected chi connectivity index (χ3v) is 5.17. The molecule has 0 radical (unpaired) electrons. The van der Waals surface area contributed by atoms with Crippen molar-refractivity contribution in [2.45, 2.75) is 43.7 Å². The number of ether oxygens (including phenoxy) is 1. The summed E-state index contributed by atoms with van der Waals surface area (Å²) in [6.07, 6.45) is 3.00. The van der Waals surface area contributed by atoms with Crippen molar-refractivity contribution in [2.75, 3.05) is 13.2 Å². The molecule has 1 heterocycles. The number of hydrogen-bond donors (Lipinski definition) is 2. The highest BCUT2D eigenvalue weighted by atomic mass is 32.2. The Labute approximate surface area is 120 Å². The fourth-order valence-corrected chi connectivity index (χ4v) is 3.72. The normalized spacial score (nSPS) is 19.4. The molecular formula is C14H22N2O3S. The maximum Gasteiger partial charge on any atom is 0.240 e. The lowest BCUT2D eigenvalue weighted by Crippen LogP contribution is -2.27. The number of hydrogen-bond acceptors (Lipinski definition) is 4. The number of benzene rings is 1. The van der Waals surface area contributed by atoms with E-state index in [9.17, 15) is 8.42 Å². The molecule has 0 bridgehead atoms. The van der Waals surface area contributed by atoms with E-state index in [-0.39, 0.29) is 6.10 Å². The molecule has 0 amide bonds. The summed E-state index contributed by atoms with van der Waals surface area (Å²) in [6, 6.07) is 5.18. The molecule has 1 unspecified atom stereocenters. The van der Waals surface area contributed by atoms with Crippen molar-refractivity contribution in [3.63, 3.8) is 0 Å². The zero-order valence-corrected chi connectivity index (χ0v) is 12.6. The van der Waals surface area contributed by atoms with Gasteiger partial charge in [0, 0.05) is 19.7 Å². The Hall–Kier alpha value is -0.950. The zero-order valence-electron chi connectivity index (χ0n) is 11.8. The smallest absolute Gasteiger partial charge is 0.240 e. The maximum atomic E-state index is 12.2. The average molecular weight is 298 g/mol. The summed E-state index contributed by atoms with van der Waals surface area (Å²) in [5.41, 5.74) is 7.20. The summed E-state index contributed by atoms with van der Waals surface area (Å²) in [7, 11) is -3.45. The van der Waals surface area contributed by atoms with E-state index in [1.807, 2.05) is 6.07 Å². The van der Waals surface area contributed by atoms with Gasteiger partial charge in [0.15, 0.2) is 0 Å². The Kier molecular flexibility index (Phi) is 5.15. The van der Waals surface area contributed by atoms with Gasteiger partial charge in [0.05, 0.1) is 11.0 Å². The van der Waals surface area contributed by atoms with Crippen LogP contribution in [0.1, 0.15) is 30.4 Å². The average Bonchev–Trinajstić information content (AvgIpc) is 2.91. The molecule has 1 fully saturated rings. The quantitative estimate of drug-likeness (QED) is 0.829. The Morgan fingerprint density at radius 1 is 1.45 bits per heavy atom. The minimum Gasteiger partial charge on any atom is -0.378 e. The first kappa shape index (κ1) is 15.4. The summed E-state index contributed by atoms with van der Waals surface area (Å²) < 4.78 is 32.6. The highest BCUT2D eigenvalue weighted by Crippen LogP contribution is 2.18. The topological polar surface area (TPSA) is 81.4 Å².